The third-order valence-corrected chi connectivity index (χ3v) is 4.01. The Bertz CT molecular complexity index is 997. The van der Waals surface area contributed by atoms with E-state index in [0.717, 1.165) is 11.1 Å². The maximum Gasteiger partial charge on any atom is 0.289 e. The van der Waals surface area contributed by atoms with Crippen molar-refractivity contribution in [1.82, 2.24) is 15.6 Å². The average molecular weight is 380 g/mol. The highest BCUT2D eigenvalue weighted by Crippen LogP contribution is 2.31. The summed E-state index contributed by atoms with van der Waals surface area (Å²) in [7, 11) is 4.70. The van der Waals surface area contributed by atoms with Crippen molar-refractivity contribution in [2.45, 2.75) is 0 Å². The van der Waals surface area contributed by atoms with Crippen molar-refractivity contribution >= 4 is 12.1 Å². The zero-order chi connectivity index (χ0) is 19.9. The molecule has 1 amide bonds. The van der Waals surface area contributed by atoms with Crippen LogP contribution < -0.4 is 19.6 Å². The lowest BCUT2D eigenvalue weighted by Crippen LogP contribution is -2.18. The lowest BCUT2D eigenvalue weighted by atomic mass is 10.1. The van der Waals surface area contributed by atoms with Gasteiger partial charge >= 0.3 is 0 Å². The number of hydrogen-bond donors (Lipinski definition) is 2. The molecule has 0 bridgehead atoms. The number of rotatable bonds is 7. The third kappa shape index (κ3) is 4.12. The number of carbonyl (C=O) groups excluding carboxylic acids is 1. The topological polar surface area (TPSA) is 97.8 Å². The van der Waals surface area contributed by atoms with Gasteiger partial charge in [0.2, 0.25) is 0 Å². The van der Waals surface area contributed by atoms with Gasteiger partial charge in [0.05, 0.1) is 33.2 Å². The van der Waals surface area contributed by atoms with Gasteiger partial charge < -0.3 is 14.2 Å². The van der Waals surface area contributed by atoms with Crippen LogP contribution in [0.15, 0.2) is 53.6 Å². The normalized spacial score (nSPS) is 10.7. The molecule has 0 fully saturated rings. The fourth-order valence-corrected chi connectivity index (χ4v) is 2.58. The molecule has 3 rings (SSSR count). The summed E-state index contributed by atoms with van der Waals surface area (Å²) in [6.07, 6.45) is 1.52. The Morgan fingerprint density at radius 1 is 1.00 bits per heavy atom. The first kappa shape index (κ1) is 19.0. The van der Waals surface area contributed by atoms with Gasteiger partial charge in [-0.3, -0.25) is 9.89 Å². The van der Waals surface area contributed by atoms with Crippen LogP contribution in [-0.2, 0) is 0 Å². The molecule has 28 heavy (non-hydrogen) atoms. The van der Waals surface area contributed by atoms with E-state index in [0.29, 0.717) is 22.9 Å². The Hall–Kier alpha value is -3.81. The predicted octanol–water partition coefficient (Wildman–Crippen LogP) is 2.87. The van der Waals surface area contributed by atoms with Crippen molar-refractivity contribution in [3.8, 4) is 28.5 Å². The van der Waals surface area contributed by atoms with E-state index in [9.17, 15) is 4.79 Å². The summed E-state index contributed by atoms with van der Waals surface area (Å²) in [5, 5.41) is 10.9. The van der Waals surface area contributed by atoms with E-state index in [1.54, 1.807) is 39.5 Å². The molecule has 2 aromatic carbocycles. The van der Waals surface area contributed by atoms with Gasteiger partial charge in [0.25, 0.3) is 5.91 Å². The molecule has 0 saturated carbocycles. The van der Waals surface area contributed by atoms with Gasteiger partial charge in [-0.1, -0.05) is 12.1 Å². The molecule has 0 spiro atoms. The van der Waals surface area contributed by atoms with E-state index in [1.165, 1.54) is 6.21 Å². The molecule has 8 nitrogen and oxygen atoms in total. The van der Waals surface area contributed by atoms with Gasteiger partial charge in [0.1, 0.15) is 11.4 Å². The quantitative estimate of drug-likeness (QED) is 0.485. The summed E-state index contributed by atoms with van der Waals surface area (Å²) in [5.74, 6) is 1.45. The molecule has 1 aromatic heterocycles. The molecule has 144 valence electrons. The first-order valence-electron chi connectivity index (χ1n) is 8.40. The molecule has 0 aliphatic heterocycles. The highest BCUT2D eigenvalue weighted by Gasteiger charge is 2.12. The lowest BCUT2D eigenvalue weighted by Gasteiger charge is -2.08. The molecule has 0 atom stereocenters. The number of amides is 1. The summed E-state index contributed by atoms with van der Waals surface area (Å²) >= 11 is 0. The highest BCUT2D eigenvalue weighted by molar-refractivity contribution is 5.94. The molecular weight excluding hydrogens is 360 g/mol. The van der Waals surface area contributed by atoms with Gasteiger partial charge in [-0.05, 0) is 36.4 Å². The van der Waals surface area contributed by atoms with Gasteiger partial charge in [-0.25, -0.2) is 5.43 Å². The minimum atomic E-state index is -0.412. The Morgan fingerprint density at radius 3 is 2.50 bits per heavy atom. The van der Waals surface area contributed by atoms with E-state index in [2.05, 4.69) is 20.7 Å². The monoisotopic (exact) mass is 380 g/mol. The highest BCUT2D eigenvalue weighted by atomic mass is 16.5. The minimum Gasteiger partial charge on any atom is -0.496 e. The molecule has 0 unspecified atom stereocenters. The van der Waals surface area contributed by atoms with Gasteiger partial charge in [-0.2, -0.15) is 10.2 Å². The summed E-state index contributed by atoms with van der Waals surface area (Å²) in [6.45, 7) is 0. The van der Waals surface area contributed by atoms with Crippen molar-refractivity contribution in [2.75, 3.05) is 21.3 Å². The van der Waals surface area contributed by atoms with E-state index in [1.807, 2.05) is 30.3 Å². The van der Waals surface area contributed by atoms with Crippen LogP contribution in [0.25, 0.3) is 11.3 Å². The van der Waals surface area contributed by atoms with Crippen LogP contribution in [0, 0.1) is 0 Å². The molecule has 0 aliphatic carbocycles. The van der Waals surface area contributed by atoms with Crippen LogP contribution >= 0.6 is 0 Å². The van der Waals surface area contributed by atoms with Crippen LogP contribution in [0.4, 0.5) is 0 Å². The fourth-order valence-electron chi connectivity index (χ4n) is 2.58. The number of H-pyrrole nitrogens is 1. The zero-order valence-electron chi connectivity index (χ0n) is 15.7. The number of aromatic nitrogens is 2. The number of aromatic amines is 1. The van der Waals surface area contributed by atoms with Crippen LogP contribution in [0.3, 0.4) is 0 Å². The van der Waals surface area contributed by atoms with Crippen molar-refractivity contribution in [3.63, 3.8) is 0 Å². The summed E-state index contributed by atoms with van der Waals surface area (Å²) in [6, 6.07) is 14.4. The predicted molar refractivity (Wildman–Crippen MR) is 105 cm³/mol. The Balaban J connectivity index is 1.71. The average Bonchev–Trinajstić information content (AvgIpc) is 3.24. The number of benzene rings is 2. The number of nitrogens with zero attached hydrogens (tertiary/aromatic N) is 2. The summed E-state index contributed by atoms with van der Waals surface area (Å²) in [4.78, 5) is 12.3. The molecule has 8 heteroatoms. The van der Waals surface area contributed by atoms with Crippen LogP contribution in [-0.4, -0.2) is 43.6 Å². The van der Waals surface area contributed by atoms with Gasteiger partial charge in [-0.15, -0.1) is 0 Å². The molecule has 0 saturated heterocycles. The lowest BCUT2D eigenvalue weighted by molar-refractivity contribution is 0.0950. The molecule has 1 heterocycles. The first-order chi connectivity index (χ1) is 13.7. The fraction of sp³-hybridized carbons (Fsp3) is 0.150. The number of carbonyl (C=O) groups is 1. The second-order valence-corrected chi connectivity index (χ2v) is 5.68. The van der Waals surface area contributed by atoms with Crippen molar-refractivity contribution in [1.29, 1.82) is 0 Å². The number of para-hydroxylation sites is 1. The van der Waals surface area contributed by atoms with E-state index >= 15 is 0 Å². The maximum absolute atomic E-state index is 12.3. The number of hydrogen-bond acceptors (Lipinski definition) is 6. The Kier molecular flexibility index (Phi) is 5.91. The van der Waals surface area contributed by atoms with Gasteiger partial charge in [0, 0.05) is 11.1 Å². The number of ether oxygens (including phenoxy) is 3. The molecule has 2 N–H and O–H groups in total. The Labute approximate surface area is 162 Å². The largest absolute Gasteiger partial charge is 0.496 e. The molecular formula is C20H20N4O4. The van der Waals surface area contributed by atoms with Crippen LogP contribution in [0.5, 0.6) is 17.2 Å². The zero-order valence-corrected chi connectivity index (χ0v) is 15.7. The molecule has 0 aliphatic rings. The van der Waals surface area contributed by atoms with Crippen molar-refractivity contribution in [3.05, 3.63) is 59.8 Å². The maximum atomic E-state index is 12.3. The van der Waals surface area contributed by atoms with Crippen LogP contribution in [0.1, 0.15) is 16.1 Å². The summed E-state index contributed by atoms with van der Waals surface area (Å²) in [5.41, 5.74) is 4.87. The van der Waals surface area contributed by atoms with Gasteiger partial charge in [0.15, 0.2) is 11.5 Å². The van der Waals surface area contributed by atoms with E-state index in [-0.39, 0.29) is 5.69 Å². The van der Waals surface area contributed by atoms with Crippen LogP contribution in [0.2, 0.25) is 0 Å². The van der Waals surface area contributed by atoms with E-state index in [4.69, 9.17) is 14.2 Å². The van der Waals surface area contributed by atoms with Crippen molar-refractivity contribution < 1.29 is 19.0 Å². The first-order valence-corrected chi connectivity index (χ1v) is 8.40. The molecule has 0 radical (unpaired) electrons. The van der Waals surface area contributed by atoms with E-state index < -0.39 is 5.91 Å². The third-order valence-electron chi connectivity index (χ3n) is 4.01. The second kappa shape index (κ2) is 8.72. The Morgan fingerprint density at radius 2 is 1.75 bits per heavy atom. The SMILES string of the molecule is COc1ccccc1C=NNC(=O)c1cc(-c2ccc(OC)c(OC)c2)n[nH]1. The standard InChI is InChI=1S/C20H20N4O4/c1-26-17-7-5-4-6-14(17)12-21-24-20(25)16-11-15(22-23-16)13-8-9-18(27-2)19(10-13)28-3/h4-12H,1-3H3,(H,22,23)(H,24,25). The molecule has 3 aromatic rings. The number of nitrogens with one attached hydrogen (secondary N) is 2. The van der Waals surface area contributed by atoms with Crippen molar-refractivity contribution in [2.24, 2.45) is 5.10 Å². The number of methoxy groups -OCH3 is 3. The minimum absolute atomic E-state index is 0.280. The number of hydrazone groups is 1. The second-order valence-electron chi connectivity index (χ2n) is 5.68. The smallest absolute Gasteiger partial charge is 0.289 e. The summed E-state index contributed by atoms with van der Waals surface area (Å²) < 4.78 is 15.8.